The van der Waals surface area contributed by atoms with E-state index in [9.17, 15) is 0 Å². The number of hydrogen-bond acceptors (Lipinski definition) is 3. The average Bonchev–Trinajstić information content (AvgIpc) is 2.72. The fourth-order valence-corrected chi connectivity index (χ4v) is 1.75. The van der Waals surface area contributed by atoms with Crippen molar-refractivity contribution < 1.29 is 9.84 Å². The van der Waals surface area contributed by atoms with Crippen molar-refractivity contribution in [3.63, 3.8) is 0 Å². The summed E-state index contributed by atoms with van der Waals surface area (Å²) >= 11 is 0. The molecule has 1 heterocycles. The first-order chi connectivity index (χ1) is 8.24. The Balaban J connectivity index is 2.29. The number of aryl methyl sites for hydroxylation is 1. The van der Waals surface area contributed by atoms with Crippen molar-refractivity contribution in [2.45, 2.75) is 20.5 Å². The second kappa shape index (κ2) is 5.01. The molecule has 1 aromatic carbocycles. The van der Waals surface area contributed by atoms with Crippen molar-refractivity contribution in [2.75, 3.05) is 6.61 Å². The molecule has 0 bridgehead atoms. The highest BCUT2D eigenvalue weighted by molar-refractivity contribution is 5.62. The summed E-state index contributed by atoms with van der Waals surface area (Å²) in [5.41, 5.74) is 2.84. The number of benzene rings is 1. The van der Waals surface area contributed by atoms with Crippen LogP contribution in [0.3, 0.4) is 0 Å². The Morgan fingerprint density at radius 1 is 1.29 bits per heavy atom. The minimum absolute atomic E-state index is 0.0716. The zero-order chi connectivity index (χ0) is 12.3. The van der Waals surface area contributed by atoms with E-state index in [2.05, 4.69) is 9.97 Å². The molecule has 0 unspecified atom stereocenters. The standard InChI is InChI=1S/C13H16N2O2/c1-3-17-11-6-4-10(5-7-11)13-9(2)14-12(8-16)15-13/h4-7,16H,3,8H2,1-2H3,(H,14,15). The summed E-state index contributed by atoms with van der Waals surface area (Å²) in [5.74, 6) is 1.44. The van der Waals surface area contributed by atoms with Crippen molar-refractivity contribution in [2.24, 2.45) is 0 Å². The van der Waals surface area contributed by atoms with Gasteiger partial charge in [-0.25, -0.2) is 4.98 Å². The van der Waals surface area contributed by atoms with Crippen LogP contribution in [0, 0.1) is 6.92 Å². The van der Waals surface area contributed by atoms with E-state index in [0.717, 1.165) is 22.7 Å². The molecule has 0 aliphatic carbocycles. The van der Waals surface area contributed by atoms with Crippen LogP contribution in [0.4, 0.5) is 0 Å². The van der Waals surface area contributed by atoms with Crippen LogP contribution in [0.25, 0.3) is 11.3 Å². The minimum Gasteiger partial charge on any atom is -0.494 e. The first kappa shape index (κ1) is 11.7. The number of rotatable bonds is 4. The number of nitrogens with zero attached hydrogens (tertiary/aromatic N) is 1. The molecule has 1 aromatic heterocycles. The lowest BCUT2D eigenvalue weighted by atomic mass is 10.1. The van der Waals surface area contributed by atoms with Crippen molar-refractivity contribution in [1.29, 1.82) is 0 Å². The second-order valence-electron chi connectivity index (χ2n) is 3.77. The van der Waals surface area contributed by atoms with Crippen molar-refractivity contribution in [3.8, 4) is 17.0 Å². The van der Waals surface area contributed by atoms with E-state index in [1.807, 2.05) is 38.1 Å². The molecule has 0 saturated heterocycles. The lowest BCUT2D eigenvalue weighted by molar-refractivity contribution is 0.272. The minimum atomic E-state index is -0.0716. The molecule has 0 radical (unpaired) electrons. The van der Waals surface area contributed by atoms with Crippen LogP contribution < -0.4 is 4.74 Å². The molecule has 0 fully saturated rings. The van der Waals surface area contributed by atoms with Gasteiger partial charge < -0.3 is 14.8 Å². The van der Waals surface area contributed by atoms with Crippen LogP contribution in [0.1, 0.15) is 18.4 Å². The maximum absolute atomic E-state index is 9.02. The molecule has 90 valence electrons. The predicted molar refractivity (Wildman–Crippen MR) is 65.9 cm³/mol. The predicted octanol–water partition coefficient (Wildman–Crippen LogP) is 2.28. The van der Waals surface area contributed by atoms with E-state index in [4.69, 9.17) is 9.84 Å². The fourth-order valence-electron chi connectivity index (χ4n) is 1.75. The smallest absolute Gasteiger partial charge is 0.132 e. The van der Waals surface area contributed by atoms with Gasteiger partial charge in [0.15, 0.2) is 0 Å². The Kier molecular flexibility index (Phi) is 3.44. The van der Waals surface area contributed by atoms with Gasteiger partial charge in [0.1, 0.15) is 18.2 Å². The maximum Gasteiger partial charge on any atom is 0.132 e. The molecular formula is C13H16N2O2. The fraction of sp³-hybridized carbons (Fsp3) is 0.308. The largest absolute Gasteiger partial charge is 0.494 e. The first-order valence-corrected chi connectivity index (χ1v) is 5.64. The lowest BCUT2D eigenvalue weighted by Gasteiger charge is -2.03. The van der Waals surface area contributed by atoms with Crippen LogP contribution >= 0.6 is 0 Å². The van der Waals surface area contributed by atoms with Gasteiger partial charge >= 0.3 is 0 Å². The van der Waals surface area contributed by atoms with Gasteiger partial charge in [0.05, 0.1) is 12.3 Å². The van der Waals surface area contributed by atoms with Crippen LogP contribution in [0.15, 0.2) is 24.3 Å². The van der Waals surface area contributed by atoms with Crippen LogP contribution in [-0.2, 0) is 6.61 Å². The van der Waals surface area contributed by atoms with E-state index >= 15 is 0 Å². The molecule has 0 saturated carbocycles. The Hall–Kier alpha value is -1.81. The Morgan fingerprint density at radius 3 is 2.53 bits per heavy atom. The number of H-pyrrole nitrogens is 1. The third-order valence-electron chi connectivity index (χ3n) is 2.52. The van der Waals surface area contributed by atoms with Crippen LogP contribution in [-0.4, -0.2) is 21.7 Å². The van der Waals surface area contributed by atoms with Crippen molar-refractivity contribution >= 4 is 0 Å². The molecular weight excluding hydrogens is 216 g/mol. The topological polar surface area (TPSA) is 58.1 Å². The summed E-state index contributed by atoms with van der Waals surface area (Å²) in [5, 5.41) is 9.02. The van der Waals surface area contributed by atoms with Crippen molar-refractivity contribution in [1.82, 2.24) is 9.97 Å². The molecule has 17 heavy (non-hydrogen) atoms. The molecule has 4 heteroatoms. The zero-order valence-electron chi connectivity index (χ0n) is 10.0. The van der Waals surface area contributed by atoms with Gasteiger partial charge in [0.2, 0.25) is 0 Å². The van der Waals surface area contributed by atoms with Gasteiger partial charge in [0.25, 0.3) is 0 Å². The van der Waals surface area contributed by atoms with Crippen molar-refractivity contribution in [3.05, 3.63) is 35.8 Å². The molecule has 2 N–H and O–H groups in total. The Morgan fingerprint density at radius 2 is 2.00 bits per heavy atom. The molecule has 4 nitrogen and oxygen atoms in total. The number of aliphatic hydroxyl groups excluding tert-OH is 1. The molecule has 0 amide bonds. The molecule has 2 rings (SSSR count). The number of ether oxygens (including phenoxy) is 1. The number of imidazole rings is 1. The van der Waals surface area contributed by atoms with E-state index in [0.29, 0.717) is 12.4 Å². The summed E-state index contributed by atoms with van der Waals surface area (Å²) < 4.78 is 5.39. The molecule has 0 spiro atoms. The SMILES string of the molecule is CCOc1ccc(-c2nc(CO)[nH]c2C)cc1. The highest BCUT2D eigenvalue weighted by atomic mass is 16.5. The van der Waals surface area contributed by atoms with Crippen LogP contribution in [0.2, 0.25) is 0 Å². The molecule has 0 aliphatic rings. The Bertz CT molecular complexity index is 489. The quantitative estimate of drug-likeness (QED) is 0.850. The second-order valence-corrected chi connectivity index (χ2v) is 3.77. The summed E-state index contributed by atoms with van der Waals surface area (Å²) in [6, 6.07) is 7.78. The van der Waals surface area contributed by atoms with Crippen LogP contribution in [0.5, 0.6) is 5.75 Å². The normalized spacial score (nSPS) is 10.5. The van der Waals surface area contributed by atoms with E-state index in [1.165, 1.54) is 0 Å². The highest BCUT2D eigenvalue weighted by Crippen LogP contribution is 2.23. The van der Waals surface area contributed by atoms with Gasteiger partial charge in [0, 0.05) is 11.3 Å². The monoisotopic (exact) mass is 232 g/mol. The number of aliphatic hydroxyl groups is 1. The summed E-state index contributed by atoms with van der Waals surface area (Å²) in [7, 11) is 0. The number of aromatic amines is 1. The summed E-state index contributed by atoms with van der Waals surface area (Å²) in [4.78, 5) is 7.37. The van der Waals surface area contributed by atoms with Gasteiger partial charge in [-0.2, -0.15) is 0 Å². The van der Waals surface area contributed by atoms with E-state index in [-0.39, 0.29) is 6.61 Å². The van der Waals surface area contributed by atoms with E-state index in [1.54, 1.807) is 0 Å². The third-order valence-corrected chi connectivity index (χ3v) is 2.52. The molecule has 0 atom stereocenters. The van der Waals surface area contributed by atoms with Gasteiger partial charge in [-0.05, 0) is 38.1 Å². The average molecular weight is 232 g/mol. The maximum atomic E-state index is 9.02. The Labute approximate surface area is 100 Å². The molecule has 2 aromatic rings. The lowest BCUT2D eigenvalue weighted by Crippen LogP contribution is -1.91. The van der Waals surface area contributed by atoms with Gasteiger partial charge in [-0.1, -0.05) is 0 Å². The van der Waals surface area contributed by atoms with Gasteiger partial charge in [-0.3, -0.25) is 0 Å². The first-order valence-electron chi connectivity index (χ1n) is 5.64. The third kappa shape index (κ3) is 2.47. The summed E-state index contributed by atoms with van der Waals surface area (Å²) in [6.07, 6.45) is 0. The number of hydrogen-bond donors (Lipinski definition) is 2. The van der Waals surface area contributed by atoms with Gasteiger partial charge in [-0.15, -0.1) is 0 Å². The van der Waals surface area contributed by atoms with E-state index < -0.39 is 0 Å². The zero-order valence-corrected chi connectivity index (χ0v) is 10.0. The molecule has 0 aliphatic heterocycles. The number of nitrogens with one attached hydrogen (secondary N) is 1. The number of aromatic nitrogens is 2. The summed E-state index contributed by atoms with van der Waals surface area (Å²) in [6.45, 7) is 4.49. The highest BCUT2D eigenvalue weighted by Gasteiger charge is 2.08.